The van der Waals surface area contributed by atoms with Crippen molar-refractivity contribution >= 4 is 21.6 Å². The van der Waals surface area contributed by atoms with E-state index in [1.807, 2.05) is 18.2 Å². The van der Waals surface area contributed by atoms with Crippen LogP contribution < -0.4 is 0 Å². The highest BCUT2D eigenvalue weighted by atomic mass is 32.2. The predicted molar refractivity (Wildman–Crippen MR) is 61.8 cm³/mol. The Hall–Kier alpha value is -0.550. The second-order valence-electron chi connectivity index (χ2n) is 3.66. The summed E-state index contributed by atoms with van der Waals surface area (Å²) in [7, 11) is -2.80. The van der Waals surface area contributed by atoms with Crippen LogP contribution in [0.3, 0.4) is 0 Å². The molecule has 0 radical (unpaired) electrons. The minimum atomic E-state index is -2.80. The van der Waals surface area contributed by atoms with E-state index in [0.29, 0.717) is 11.5 Å². The Kier molecular flexibility index (Phi) is 3.31. The molecule has 1 aliphatic rings. The highest BCUT2D eigenvalue weighted by Crippen LogP contribution is 2.28. The van der Waals surface area contributed by atoms with E-state index in [-0.39, 0.29) is 5.25 Å². The molecule has 1 fully saturated rings. The average molecular weight is 243 g/mol. The first-order valence-electron chi connectivity index (χ1n) is 4.94. The molecule has 0 bridgehead atoms. The first-order valence-corrected chi connectivity index (χ1v) is 7.64. The molecule has 1 unspecified atom stereocenters. The summed E-state index contributed by atoms with van der Waals surface area (Å²) in [5.74, 6) is 0.653. The maximum atomic E-state index is 11.4. The maximum absolute atomic E-state index is 11.4. The van der Waals surface area contributed by atoms with Crippen molar-refractivity contribution in [2.75, 3.05) is 11.5 Å². The van der Waals surface area contributed by atoms with Gasteiger partial charge in [-0.25, -0.2) is 13.4 Å². The van der Waals surface area contributed by atoms with Crippen molar-refractivity contribution in [3.05, 3.63) is 24.4 Å². The Morgan fingerprint density at radius 3 is 2.93 bits per heavy atom. The second-order valence-corrected chi connectivity index (χ2v) is 7.21. The SMILES string of the molecule is O=S1(=O)CCCC(Sc2ccccn2)C1. The normalized spacial score (nSPS) is 24.9. The topological polar surface area (TPSA) is 47.0 Å². The van der Waals surface area contributed by atoms with Gasteiger partial charge in [0.25, 0.3) is 0 Å². The molecule has 0 aromatic carbocycles. The molecule has 3 nitrogen and oxygen atoms in total. The molecular weight excluding hydrogens is 230 g/mol. The molecule has 0 spiro atoms. The Labute approximate surface area is 94.2 Å². The molecule has 1 aliphatic heterocycles. The molecule has 0 N–H and O–H groups in total. The van der Waals surface area contributed by atoms with Gasteiger partial charge in [-0.1, -0.05) is 6.07 Å². The quantitative estimate of drug-likeness (QED) is 0.794. The van der Waals surface area contributed by atoms with Gasteiger partial charge in [0.1, 0.15) is 0 Å². The van der Waals surface area contributed by atoms with Crippen molar-refractivity contribution in [2.24, 2.45) is 0 Å². The molecule has 2 heterocycles. The number of nitrogens with zero attached hydrogens (tertiary/aromatic N) is 1. The number of rotatable bonds is 2. The van der Waals surface area contributed by atoms with E-state index in [1.54, 1.807) is 18.0 Å². The van der Waals surface area contributed by atoms with Crippen molar-refractivity contribution in [3.8, 4) is 0 Å². The van der Waals surface area contributed by atoms with E-state index in [4.69, 9.17) is 0 Å². The van der Waals surface area contributed by atoms with Gasteiger partial charge in [-0.3, -0.25) is 0 Å². The van der Waals surface area contributed by atoms with Gasteiger partial charge in [-0.15, -0.1) is 11.8 Å². The van der Waals surface area contributed by atoms with Crippen LogP contribution in [0.1, 0.15) is 12.8 Å². The highest BCUT2D eigenvalue weighted by Gasteiger charge is 2.25. The van der Waals surface area contributed by atoms with Gasteiger partial charge in [0.05, 0.1) is 16.5 Å². The third-order valence-electron chi connectivity index (χ3n) is 2.35. The molecule has 0 amide bonds. The van der Waals surface area contributed by atoms with E-state index < -0.39 is 9.84 Å². The monoisotopic (exact) mass is 243 g/mol. The minimum absolute atomic E-state index is 0.179. The standard InChI is InChI=1S/C10H13NO2S2/c12-15(13)7-3-4-9(8-15)14-10-5-1-2-6-11-10/h1-2,5-6,9H,3-4,7-8H2. The van der Waals surface area contributed by atoms with Gasteiger partial charge in [0.15, 0.2) is 9.84 Å². The van der Waals surface area contributed by atoms with Crippen LogP contribution in [0, 0.1) is 0 Å². The fourth-order valence-corrected chi connectivity index (χ4v) is 4.97. The summed E-state index contributed by atoms with van der Waals surface area (Å²) in [6, 6.07) is 5.71. The lowest BCUT2D eigenvalue weighted by molar-refractivity contribution is 0.577. The summed E-state index contributed by atoms with van der Waals surface area (Å²) in [5.41, 5.74) is 0. The molecule has 0 aliphatic carbocycles. The molecule has 2 rings (SSSR count). The summed E-state index contributed by atoms with van der Waals surface area (Å²) in [6.07, 6.45) is 3.49. The smallest absolute Gasteiger partial charge is 0.151 e. The Balaban J connectivity index is 2.01. The van der Waals surface area contributed by atoms with Crippen LogP contribution in [0.15, 0.2) is 29.4 Å². The number of thioether (sulfide) groups is 1. The summed E-state index contributed by atoms with van der Waals surface area (Å²) in [6.45, 7) is 0. The lowest BCUT2D eigenvalue weighted by Crippen LogP contribution is -2.26. The third-order valence-corrected chi connectivity index (χ3v) is 5.60. The highest BCUT2D eigenvalue weighted by molar-refractivity contribution is 8.01. The lowest BCUT2D eigenvalue weighted by Gasteiger charge is -2.20. The third kappa shape index (κ3) is 3.21. The van der Waals surface area contributed by atoms with E-state index in [9.17, 15) is 8.42 Å². The van der Waals surface area contributed by atoms with E-state index in [0.717, 1.165) is 17.9 Å². The van der Waals surface area contributed by atoms with Gasteiger partial charge in [-0.05, 0) is 25.0 Å². The van der Waals surface area contributed by atoms with Crippen molar-refractivity contribution < 1.29 is 8.42 Å². The molecular formula is C10H13NO2S2. The van der Waals surface area contributed by atoms with Crippen molar-refractivity contribution in [1.29, 1.82) is 0 Å². The van der Waals surface area contributed by atoms with Crippen LogP contribution in [0.2, 0.25) is 0 Å². The van der Waals surface area contributed by atoms with Gasteiger partial charge in [-0.2, -0.15) is 0 Å². The number of pyridine rings is 1. The summed E-state index contributed by atoms with van der Waals surface area (Å²) in [4.78, 5) is 4.19. The molecule has 1 aromatic rings. The fraction of sp³-hybridized carbons (Fsp3) is 0.500. The number of hydrogen-bond acceptors (Lipinski definition) is 4. The van der Waals surface area contributed by atoms with Gasteiger partial charge >= 0.3 is 0 Å². The van der Waals surface area contributed by atoms with Gasteiger partial charge in [0.2, 0.25) is 0 Å². The van der Waals surface area contributed by atoms with Gasteiger partial charge in [0, 0.05) is 11.4 Å². The summed E-state index contributed by atoms with van der Waals surface area (Å²) >= 11 is 1.58. The summed E-state index contributed by atoms with van der Waals surface area (Å²) < 4.78 is 22.8. The van der Waals surface area contributed by atoms with E-state index in [2.05, 4.69) is 4.98 Å². The number of aromatic nitrogens is 1. The predicted octanol–water partition coefficient (Wildman–Crippen LogP) is 1.75. The first kappa shape index (κ1) is 11.0. The molecule has 15 heavy (non-hydrogen) atoms. The van der Waals surface area contributed by atoms with Crippen LogP contribution in [-0.4, -0.2) is 30.2 Å². The van der Waals surface area contributed by atoms with Crippen LogP contribution >= 0.6 is 11.8 Å². The zero-order chi connectivity index (χ0) is 10.7. The van der Waals surface area contributed by atoms with E-state index in [1.165, 1.54) is 0 Å². The zero-order valence-corrected chi connectivity index (χ0v) is 9.93. The average Bonchev–Trinajstić information content (AvgIpc) is 2.17. The minimum Gasteiger partial charge on any atom is -0.250 e. The molecule has 1 aromatic heterocycles. The first-order chi connectivity index (χ1) is 7.16. The van der Waals surface area contributed by atoms with Crippen LogP contribution in [-0.2, 0) is 9.84 Å². The second kappa shape index (κ2) is 4.53. The zero-order valence-electron chi connectivity index (χ0n) is 8.30. The van der Waals surface area contributed by atoms with Crippen LogP contribution in [0.4, 0.5) is 0 Å². The van der Waals surface area contributed by atoms with Crippen molar-refractivity contribution in [1.82, 2.24) is 4.98 Å². The lowest BCUT2D eigenvalue weighted by atomic mass is 10.3. The number of hydrogen-bond donors (Lipinski definition) is 0. The van der Waals surface area contributed by atoms with Crippen LogP contribution in [0.5, 0.6) is 0 Å². The maximum Gasteiger partial charge on any atom is 0.151 e. The van der Waals surface area contributed by atoms with Crippen LogP contribution in [0.25, 0.3) is 0 Å². The molecule has 1 saturated heterocycles. The Morgan fingerprint density at radius 2 is 2.27 bits per heavy atom. The summed E-state index contributed by atoms with van der Waals surface area (Å²) in [5, 5.41) is 1.10. The largest absolute Gasteiger partial charge is 0.250 e. The Bertz CT molecular complexity index is 416. The van der Waals surface area contributed by atoms with E-state index >= 15 is 0 Å². The molecule has 0 saturated carbocycles. The molecule has 1 atom stereocenters. The molecule has 5 heteroatoms. The number of sulfone groups is 1. The Morgan fingerprint density at radius 1 is 1.40 bits per heavy atom. The fourth-order valence-electron chi connectivity index (χ4n) is 1.66. The van der Waals surface area contributed by atoms with Gasteiger partial charge < -0.3 is 0 Å². The van der Waals surface area contributed by atoms with Crippen molar-refractivity contribution in [3.63, 3.8) is 0 Å². The van der Waals surface area contributed by atoms with Crippen molar-refractivity contribution in [2.45, 2.75) is 23.1 Å². The molecule has 82 valence electrons.